The molecule has 2 aromatic carbocycles. The maximum Gasteiger partial charge on any atom is 0.260 e. The lowest BCUT2D eigenvalue weighted by Crippen LogP contribution is -2.43. The molecule has 2 aromatic rings. The summed E-state index contributed by atoms with van der Waals surface area (Å²) >= 11 is 0. The van der Waals surface area contributed by atoms with Crippen LogP contribution in [0.2, 0.25) is 0 Å². The summed E-state index contributed by atoms with van der Waals surface area (Å²) in [6.07, 6.45) is 1.35. The number of rotatable bonds is 6. The fraction of sp³-hybridized carbons (Fsp3) is 0.417. The molecular weight excluding hydrogens is 364 g/mol. The van der Waals surface area contributed by atoms with E-state index < -0.39 is 0 Å². The van der Waals surface area contributed by atoms with Crippen molar-refractivity contribution < 1.29 is 14.3 Å². The Kier molecular flexibility index (Phi) is 6.91. The predicted octanol–water partition coefficient (Wildman–Crippen LogP) is 4.37. The number of likely N-dealkylation sites (tertiary alicyclic amines) is 1. The molecule has 0 atom stereocenters. The van der Waals surface area contributed by atoms with E-state index in [9.17, 15) is 9.59 Å². The molecule has 154 valence electrons. The Hall–Kier alpha value is -2.82. The Labute approximate surface area is 173 Å². The number of piperidine rings is 1. The number of hydrogen-bond acceptors (Lipinski definition) is 3. The Bertz CT molecular complexity index is 837. The van der Waals surface area contributed by atoms with E-state index >= 15 is 0 Å². The monoisotopic (exact) mass is 394 g/mol. The number of para-hydroxylation sites is 1. The molecule has 5 heteroatoms. The van der Waals surface area contributed by atoms with Crippen molar-refractivity contribution in [3.8, 4) is 5.75 Å². The highest BCUT2D eigenvalue weighted by Crippen LogP contribution is 2.26. The number of anilines is 1. The standard InChI is InChI=1S/C24H30N2O3/c1-17(2)21-6-4-5-7-22(21)25-24(28)19-12-14-26(15-13-19)23(27)16-29-20-10-8-18(3)9-11-20/h4-11,17,19H,12-16H2,1-3H3,(H,25,28). The number of benzene rings is 2. The molecule has 3 rings (SSSR count). The highest BCUT2D eigenvalue weighted by Gasteiger charge is 2.28. The molecule has 1 N–H and O–H groups in total. The minimum absolute atomic E-state index is 0.0295. The summed E-state index contributed by atoms with van der Waals surface area (Å²) in [6.45, 7) is 7.44. The van der Waals surface area contributed by atoms with Gasteiger partial charge in [0.05, 0.1) is 0 Å². The normalized spacial score (nSPS) is 14.7. The van der Waals surface area contributed by atoms with Gasteiger partial charge in [-0.3, -0.25) is 9.59 Å². The largest absolute Gasteiger partial charge is 0.484 e. The number of ether oxygens (including phenoxy) is 1. The third-order valence-electron chi connectivity index (χ3n) is 5.44. The number of amides is 2. The van der Waals surface area contributed by atoms with E-state index in [2.05, 4.69) is 25.2 Å². The van der Waals surface area contributed by atoms with Crippen LogP contribution in [0.3, 0.4) is 0 Å². The van der Waals surface area contributed by atoms with E-state index in [1.165, 1.54) is 0 Å². The Morgan fingerprint density at radius 3 is 2.38 bits per heavy atom. The third kappa shape index (κ3) is 5.59. The number of nitrogens with zero attached hydrogens (tertiary/aromatic N) is 1. The van der Waals surface area contributed by atoms with E-state index in [4.69, 9.17) is 4.74 Å². The lowest BCUT2D eigenvalue weighted by molar-refractivity contribution is -0.136. The summed E-state index contributed by atoms with van der Waals surface area (Å²) in [7, 11) is 0. The van der Waals surface area contributed by atoms with E-state index in [1.54, 1.807) is 4.90 Å². The van der Waals surface area contributed by atoms with Gasteiger partial charge < -0.3 is 15.0 Å². The molecule has 29 heavy (non-hydrogen) atoms. The number of carbonyl (C=O) groups excluding carboxylic acids is 2. The third-order valence-corrected chi connectivity index (χ3v) is 5.44. The first-order chi connectivity index (χ1) is 13.9. The average Bonchev–Trinajstić information content (AvgIpc) is 2.73. The fourth-order valence-corrected chi connectivity index (χ4v) is 3.61. The van der Waals surface area contributed by atoms with Crippen molar-refractivity contribution in [1.29, 1.82) is 0 Å². The van der Waals surface area contributed by atoms with Crippen LogP contribution in [0, 0.1) is 12.8 Å². The van der Waals surface area contributed by atoms with Gasteiger partial charge in [-0.1, -0.05) is 49.7 Å². The van der Waals surface area contributed by atoms with E-state index in [0.717, 1.165) is 16.8 Å². The number of hydrogen-bond donors (Lipinski definition) is 1. The van der Waals surface area contributed by atoms with Crippen molar-refractivity contribution in [2.75, 3.05) is 25.0 Å². The maximum atomic E-state index is 12.7. The van der Waals surface area contributed by atoms with Gasteiger partial charge in [0.25, 0.3) is 5.91 Å². The molecule has 1 saturated heterocycles. The van der Waals surface area contributed by atoms with Gasteiger partial charge in [0.15, 0.2) is 6.61 Å². The van der Waals surface area contributed by atoms with Crippen molar-refractivity contribution in [2.45, 2.75) is 39.5 Å². The van der Waals surface area contributed by atoms with Crippen molar-refractivity contribution in [3.05, 3.63) is 59.7 Å². The van der Waals surface area contributed by atoms with Crippen molar-refractivity contribution >= 4 is 17.5 Å². The van der Waals surface area contributed by atoms with Gasteiger partial charge in [-0.15, -0.1) is 0 Å². The summed E-state index contributed by atoms with van der Waals surface area (Å²) in [5.41, 5.74) is 3.18. The maximum absolute atomic E-state index is 12.7. The second-order valence-corrected chi connectivity index (χ2v) is 7.99. The molecule has 1 fully saturated rings. The van der Waals surface area contributed by atoms with Crippen LogP contribution in [0.4, 0.5) is 5.69 Å². The highest BCUT2D eigenvalue weighted by atomic mass is 16.5. The zero-order valence-corrected chi connectivity index (χ0v) is 17.5. The topological polar surface area (TPSA) is 58.6 Å². The molecule has 0 saturated carbocycles. The molecular formula is C24H30N2O3. The van der Waals surface area contributed by atoms with Crippen LogP contribution < -0.4 is 10.1 Å². The Morgan fingerprint density at radius 1 is 1.07 bits per heavy atom. The molecule has 0 radical (unpaired) electrons. The molecule has 5 nitrogen and oxygen atoms in total. The first kappa shape index (κ1) is 20.9. The second-order valence-electron chi connectivity index (χ2n) is 7.99. The summed E-state index contributed by atoms with van der Waals surface area (Å²) in [4.78, 5) is 26.9. The van der Waals surface area contributed by atoms with E-state index in [0.29, 0.717) is 37.6 Å². The van der Waals surface area contributed by atoms with Gasteiger partial charge >= 0.3 is 0 Å². The highest BCUT2D eigenvalue weighted by molar-refractivity contribution is 5.93. The summed E-state index contributed by atoms with van der Waals surface area (Å²) in [6, 6.07) is 15.6. The zero-order valence-electron chi connectivity index (χ0n) is 17.5. The van der Waals surface area contributed by atoms with Gasteiger partial charge in [-0.2, -0.15) is 0 Å². The Morgan fingerprint density at radius 2 is 1.72 bits per heavy atom. The molecule has 0 aliphatic carbocycles. The van der Waals surface area contributed by atoms with Gasteiger partial charge in [-0.05, 0) is 49.4 Å². The van der Waals surface area contributed by atoms with Gasteiger partial charge in [-0.25, -0.2) is 0 Å². The molecule has 0 bridgehead atoms. The lowest BCUT2D eigenvalue weighted by Gasteiger charge is -2.31. The summed E-state index contributed by atoms with van der Waals surface area (Å²) in [5, 5.41) is 3.09. The van der Waals surface area contributed by atoms with Crippen LogP contribution in [0.25, 0.3) is 0 Å². The van der Waals surface area contributed by atoms with Crippen LogP contribution in [-0.4, -0.2) is 36.4 Å². The molecule has 2 amide bonds. The van der Waals surface area contributed by atoms with Gasteiger partial charge in [0, 0.05) is 24.7 Å². The van der Waals surface area contributed by atoms with Crippen molar-refractivity contribution in [1.82, 2.24) is 4.90 Å². The lowest BCUT2D eigenvalue weighted by atomic mass is 9.95. The number of carbonyl (C=O) groups is 2. The van der Waals surface area contributed by atoms with Crippen LogP contribution in [-0.2, 0) is 9.59 Å². The van der Waals surface area contributed by atoms with Crippen LogP contribution in [0.1, 0.15) is 43.7 Å². The van der Waals surface area contributed by atoms with Crippen LogP contribution in [0.5, 0.6) is 5.75 Å². The Balaban J connectivity index is 1.47. The second kappa shape index (κ2) is 9.59. The van der Waals surface area contributed by atoms with Crippen molar-refractivity contribution in [2.24, 2.45) is 5.92 Å². The van der Waals surface area contributed by atoms with Gasteiger partial charge in [0.1, 0.15) is 5.75 Å². The van der Waals surface area contributed by atoms with Crippen LogP contribution in [0.15, 0.2) is 48.5 Å². The van der Waals surface area contributed by atoms with Crippen molar-refractivity contribution in [3.63, 3.8) is 0 Å². The minimum atomic E-state index is -0.0720. The quantitative estimate of drug-likeness (QED) is 0.791. The number of aryl methyl sites for hydroxylation is 1. The fourth-order valence-electron chi connectivity index (χ4n) is 3.61. The smallest absolute Gasteiger partial charge is 0.260 e. The zero-order chi connectivity index (χ0) is 20.8. The molecule has 0 aromatic heterocycles. The SMILES string of the molecule is Cc1ccc(OCC(=O)N2CCC(C(=O)Nc3ccccc3C(C)C)CC2)cc1. The summed E-state index contributed by atoms with van der Waals surface area (Å²) < 4.78 is 5.59. The first-order valence-corrected chi connectivity index (χ1v) is 10.3. The molecule has 1 aliphatic heterocycles. The predicted molar refractivity (Wildman–Crippen MR) is 115 cm³/mol. The van der Waals surface area contributed by atoms with E-state index in [1.807, 2.05) is 49.4 Å². The molecule has 1 heterocycles. The number of nitrogens with one attached hydrogen (secondary N) is 1. The molecule has 1 aliphatic rings. The van der Waals surface area contributed by atoms with E-state index in [-0.39, 0.29) is 24.3 Å². The van der Waals surface area contributed by atoms with Gasteiger partial charge in [0.2, 0.25) is 5.91 Å². The molecule has 0 spiro atoms. The first-order valence-electron chi connectivity index (χ1n) is 10.3. The average molecular weight is 395 g/mol. The summed E-state index contributed by atoms with van der Waals surface area (Å²) in [5.74, 6) is 0.981. The minimum Gasteiger partial charge on any atom is -0.484 e. The molecule has 0 unspecified atom stereocenters. The van der Waals surface area contributed by atoms with Crippen LogP contribution >= 0.6 is 0 Å².